The molecule has 3 nitrogen and oxygen atoms in total. The van der Waals surface area contributed by atoms with Gasteiger partial charge in [0.05, 0.1) is 13.0 Å². The van der Waals surface area contributed by atoms with Crippen molar-refractivity contribution in [1.29, 1.82) is 0 Å². The lowest BCUT2D eigenvalue weighted by Crippen LogP contribution is -2.15. The monoisotopic (exact) mass is 274 g/mol. The van der Waals surface area contributed by atoms with E-state index in [0.29, 0.717) is 17.2 Å². The molecule has 1 aliphatic rings. The maximum Gasteiger partial charge on any atom is 0.233 e. The summed E-state index contributed by atoms with van der Waals surface area (Å²) in [6.07, 6.45) is 0. The van der Waals surface area contributed by atoms with Crippen molar-refractivity contribution in [3.8, 4) is 17.2 Å². The number of rotatable bonds is 2. The van der Waals surface area contributed by atoms with Crippen LogP contribution in [0.4, 0.5) is 0 Å². The van der Waals surface area contributed by atoms with Gasteiger partial charge in [-0.25, -0.2) is 0 Å². The zero-order chi connectivity index (χ0) is 13.4. The molecule has 1 atom stereocenters. The normalized spacial score (nSPS) is 16.0. The molecule has 2 aromatic carbocycles. The van der Waals surface area contributed by atoms with Gasteiger partial charge in [-0.3, -0.25) is 4.79 Å². The number of ether oxygens (including phenoxy) is 2. The van der Waals surface area contributed by atoms with Crippen molar-refractivity contribution >= 4 is 16.8 Å². The van der Waals surface area contributed by atoms with E-state index in [0.717, 1.165) is 11.1 Å². The molecule has 3 rings (SSSR count). The Kier molecular flexibility index (Phi) is 2.91. The van der Waals surface area contributed by atoms with E-state index in [-0.39, 0.29) is 0 Å². The number of hydrogen-bond donors (Lipinski definition) is 0. The van der Waals surface area contributed by atoms with Gasteiger partial charge in [-0.2, -0.15) is 0 Å². The van der Waals surface area contributed by atoms with Gasteiger partial charge in [-0.1, -0.05) is 30.3 Å². The minimum Gasteiger partial charge on any atom is -0.493 e. The third-order valence-electron chi connectivity index (χ3n) is 3.21. The summed E-state index contributed by atoms with van der Waals surface area (Å²) >= 11 is 5.77. The van der Waals surface area contributed by atoms with Crippen molar-refractivity contribution in [3.05, 3.63) is 53.6 Å². The van der Waals surface area contributed by atoms with Crippen LogP contribution in [0.1, 0.15) is 17.0 Å². The lowest BCUT2D eigenvalue weighted by atomic mass is 9.89. The molecular formula is C15H11ClO3. The second-order valence-corrected chi connectivity index (χ2v) is 4.63. The average molecular weight is 275 g/mol. The number of fused-ring (bicyclic) bond motifs is 2. The summed E-state index contributed by atoms with van der Waals surface area (Å²) in [7, 11) is 1.57. The molecule has 1 aliphatic heterocycles. The van der Waals surface area contributed by atoms with Crippen molar-refractivity contribution in [1.82, 2.24) is 0 Å². The maximum atomic E-state index is 11.8. The number of halogens is 1. The molecule has 0 aliphatic carbocycles. The lowest BCUT2D eigenvalue weighted by molar-refractivity contribution is -0.112. The molecule has 0 saturated carbocycles. The Balaban J connectivity index is 2.25. The molecule has 1 unspecified atom stereocenters. The van der Waals surface area contributed by atoms with E-state index >= 15 is 0 Å². The van der Waals surface area contributed by atoms with Gasteiger partial charge in [-0.15, -0.1) is 0 Å². The quantitative estimate of drug-likeness (QED) is 0.784. The molecule has 0 bridgehead atoms. The Bertz CT molecular complexity index is 652. The highest BCUT2D eigenvalue weighted by molar-refractivity contribution is 6.65. The van der Waals surface area contributed by atoms with Gasteiger partial charge in [0.2, 0.25) is 5.24 Å². The van der Waals surface area contributed by atoms with Crippen LogP contribution in [0, 0.1) is 0 Å². The number of carbonyl (C=O) groups excluding carboxylic acids is 1. The number of para-hydroxylation sites is 2. The fourth-order valence-electron chi connectivity index (χ4n) is 2.36. The van der Waals surface area contributed by atoms with Gasteiger partial charge in [0, 0.05) is 11.1 Å². The summed E-state index contributed by atoms with van der Waals surface area (Å²) in [6.45, 7) is 0. The first-order chi connectivity index (χ1) is 9.22. The van der Waals surface area contributed by atoms with Crippen LogP contribution < -0.4 is 9.47 Å². The summed E-state index contributed by atoms with van der Waals surface area (Å²) in [4.78, 5) is 11.8. The number of benzene rings is 2. The summed E-state index contributed by atoms with van der Waals surface area (Å²) < 4.78 is 11.1. The summed E-state index contributed by atoms with van der Waals surface area (Å²) in [5.74, 6) is 1.27. The van der Waals surface area contributed by atoms with E-state index in [1.807, 2.05) is 36.4 Å². The molecule has 0 spiro atoms. The van der Waals surface area contributed by atoms with Crippen molar-refractivity contribution in [3.63, 3.8) is 0 Å². The molecule has 0 fully saturated rings. The predicted molar refractivity (Wildman–Crippen MR) is 72.2 cm³/mol. The second-order valence-electron chi connectivity index (χ2n) is 4.26. The van der Waals surface area contributed by atoms with Crippen LogP contribution in [0.3, 0.4) is 0 Å². The predicted octanol–water partition coefficient (Wildman–Crippen LogP) is 3.70. The van der Waals surface area contributed by atoms with E-state index in [9.17, 15) is 4.79 Å². The summed E-state index contributed by atoms with van der Waals surface area (Å²) in [5.41, 5.74) is 1.52. The van der Waals surface area contributed by atoms with E-state index in [1.54, 1.807) is 13.2 Å². The lowest BCUT2D eigenvalue weighted by Gasteiger charge is -2.26. The molecule has 0 radical (unpaired) electrons. The zero-order valence-corrected chi connectivity index (χ0v) is 11.0. The first-order valence-corrected chi connectivity index (χ1v) is 6.23. The molecular weight excluding hydrogens is 264 g/mol. The first-order valence-electron chi connectivity index (χ1n) is 5.85. The van der Waals surface area contributed by atoms with Gasteiger partial charge in [0.1, 0.15) is 5.75 Å². The molecule has 19 heavy (non-hydrogen) atoms. The molecule has 1 heterocycles. The summed E-state index contributed by atoms with van der Waals surface area (Å²) in [5, 5.41) is -0.426. The standard InChI is InChI=1S/C15H11ClO3/c1-18-12-8-4-6-10-13(15(16)17)9-5-2-3-7-11(9)19-14(10)12/h2-8,13H,1H3. The minimum atomic E-state index is -0.517. The molecule has 2 aromatic rings. The Morgan fingerprint density at radius 3 is 2.63 bits per heavy atom. The van der Waals surface area contributed by atoms with Gasteiger partial charge in [-0.05, 0) is 23.7 Å². The Hall–Kier alpha value is -2.00. The van der Waals surface area contributed by atoms with Crippen LogP contribution in [0.15, 0.2) is 42.5 Å². The third kappa shape index (κ3) is 1.87. The summed E-state index contributed by atoms with van der Waals surface area (Å²) in [6, 6.07) is 12.8. The molecule has 0 aromatic heterocycles. The van der Waals surface area contributed by atoms with Gasteiger partial charge >= 0.3 is 0 Å². The third-order valence-corrected chi connectivity index (χ3v) is 3.43. The average Bonchev–Trinajstić information content (AvgIpc) is 2.43. The highest BCUT2D eigenvalue weighted by atomic mass is 35.5. The largest absolute Gasteiger partial charge is 0.493 e. The van der Waals surface area contributed by atoms with E-state index in [4.69, 9.17) is 21.1 Å². The highest BCUT2D eigenvalue weighted by Gasteiger charge is 2.33. The maximum absolute atomic E-state index is 11.8. The van der Waals surface area contributed by atoms with Crippen molar-refractivity contribution in [2.24, 2.45) is 0 Å². The minimum absolute atomic E-state index is 0.426. The molecule has 0 amide bonds. The topological polar surface area (TPSA) is 35.5 Å². The van der Waals surface area contributed by atoms with E-state index in [2.05, 4.69) is 0 Å². The van der Waals surface area contributed by atoms with E-state index in [1.165, 1.54) is 0 Å². The van der Waals surface area contributed by atoms with Gasteiger partial charge in [0.25, 0.3) is 0 Å². The van der Waals surface area contributed by atoms with Crippen molar-refractivity contribution in [2.75, 3.05) is 7.11 Å². The van der Waals surface area contributed by atoms with Gasteiger partial charge < -0.3 is 9.47 Å². The number of methoxy groups -OCH3 is 1. The molecule has 0 N–H and O–H groups in total. The molecule has 4 heteroatoms. The smallest absolute Gasteiger partial charge is 0.233 e. The Morgan fingerprint density at radius 1 is 1.16 bits per heavy atom. The fraction of sp³-hybridized carbons (Fsp3) is 0.133. The Labute approximate surface area is 115 Å². The SMILES string of the molecule is COc1cccc2c1Oc1ccccc1C2C(=O)Cl. The van der Waals surface area contributed by atoms with Crippen LogP contribution in [0.5, 0.6) is 17.2 Å². The molecule has 96 valence electrons. The number of carbonyl (C=O) groups is 1. The van der Waals surface area contributed by atoms with Crippen LogP contribution >= 0.6 is 11.6 Å². The van der Waals surface area contributed by atoms with Crippen LogP contribution in [0.25, 0.3) is 0 Å². The fourth-order valence-corrected chi connectivity index (χ4v) is 2.60. The van der Waals surface area contributed by atoms with Gasteiger partial charge in [0.15, 0.2) is 11.5 Å². The Morgan fingerprint density at radius 2 is 1.89 bits per heavy atom. The van der Waals surface area contributed by atoms with E-state index < -0.39 is 11.2 Å². The highest BCUT2D eigenvalue weighted by Crippen LogP contribution is 2.48. The zero-order valence-electron chi connectivity index (χ0n) is 10.2. The molecule has 0 saturated heterocycles. The van der Waals surface area contributed by atoms with Crippen LogP contribution in [-0.4, -0.2) is 12.4 Å². The second kappa shape index (κ2) is 4.59. The number of hydrogen-bond acceptors (Lipinski definition) is 3. The van der Waals surface area contributed by atoms with Crippen LogP contribution in [0.2, 0.25) is 0 Å². The van der Waals surface area contributed by atoms with Crippen molar-refractivity contribution in [2.45, 2.75) is 5.92 Å². The van der Waals surface area contributed by atoms with Crippen LogP contribution in [-0.2, 0) is 4.79 Å². The van der Waals surface area contributed by atoms with Crippen molar-refractivity contribution < 1.29 is 14.3 Å². The first kappa shape index (κ1) is 12.1.